The normalized spacial score (nSPS) is 14.8. The monoisotopic (exact) mass is 338 g/mol. The second-order valence-electron chi connectivity index (χ2n) is 5.22. The van der Waals surface area contributed by atoms with Crippen molar-refractivity contribution in [1.29, 1.82) is 0 Å². The topological polar surface area (TPSA) is 73.0 Å². The zero-order valence-electron chi connectivity index (χ0n) is 11.3. The summed E-state index contributed by atoms with van der Waals surface area (Å²) in [6, 6.07) is 2.12. The maximum atomic E-state index is 12.3. The van der Waals surface area contributed by atoms with Gasteiger partial charge in [-0.1, -0.05) is 5.10 Å². The van der Waals surface area contributed by atoms with Crippen LogP contribution in [-0.2, 0) is 0 Å². The van der Waals surface area contributed by atoms with Gasteiger partial charge in [0.15, 0.2) is 0 Å². The molecule has 2 aromatic heterocycles. The van der Waals surface area contributed by atoms with Crippen LogP contribution in [-0.4, -0.2) is 20.7 Å². The fourth-order valence-corrected chi connectivity index (χ4v) is 2.43. The molecule has 0 unspecified atom stereocenters. The van der Waals surface area contributed by atoms with E-state index in [1.165, 1.54) is 0 Å². The molecule has 1 aliphatic carbocycles. The lowest BCUT2D eigenvalue weighted by molar-refractivity contribution is 0.101. The van der Waals surface area contributed by atoms with E-state index in [4.69, 9.17) is 4.42 Å². The number of halogens is 1. The molecule has 7 heteroatoms. The minimum atomic E-state index is -0.254. The molecule has 3 rings (SSSR count). The number of hydrogen-bond acceptors (Lipinski definition) is 4. The summed E-state index contributed by atoms with van der Waals surface area (Å²) in [5, 5.41) is 10.4. The Balaban J connectivity index is 1.78. The number of amides is 1. The van der Waals surface area contributed by atoms with Crippen molar-refractivity contribution in [2.75, 3.05) is 5.32 Å². The predicted octanol–water partition coefficient (Wildman–Crippen LogP) is 3.34. The zero-order chi connectivity index (χ0) is 14.3. The lowest BCUT2D eigenvalue weighted by Crippen LogP contribution is -2.17. The summed E-state index contributed by atoms with van der Waals surface area (Å²) in [6.07, 6.45) is 4.04. The number of carbonyl (C=O) groups excluding carboxylic acids is 1. The number of hydrogen-bond donors (Lipinski definition) is 1. The average Bonchev–Trinajstić information content (AvgIpc) is 3.01. The molecule has 1 N–H and O–H groups in total. The first-order chi connectivity index (χ1) is 9.54. The van der Waals surface area contributed by atoms with Gasteiger partial charge in [0.2, 0.25) is 5.89 Å². The lowest BCUT2D eigenvalue weighted by Gasteiger charge is -2.11. The molecule has 1 aliphatic rings. The molecular weight excluding hydrogens is 324 g/mol. The quantitative estimate of drug-likeness (QED) is 0.927. The number of nitrogens with zero attached hydrogens (tertiary/aromatic N) is 3. The molecule has 0 bridgehead atoms. The molecule has 2 heterocycles. The SMILES string of the molecule is CC(C)n1cc(Br)cc1C(=O)Nc1nnc(C2CC2)o1. The van der Waals surface area contributed by atoms with Crippen LogP contribution in [0.4, 0.5) is 6.01 Å². The highest BCUT2D eigenvalue weighted by atomic mass is 79.9. The van der Waals surface area contributed by atoms with Gasteiger partial charge in [-0.2, -0.15) is 0 Å². The first kappa shape index (κ1) is 13.4. The molecule has 0 aromatic carbocycles. The third-order valence-corrected chi connectivity index (χ3v) is 3.63. The highest BCUT2D eigenvalue weighted by Crippen LogP contribution is 2.39. The number of carbonyl (C=O) groups is 1. The number of anilines is 1. The summed E-state index contributed by atoms with van der Waals surface area (Å²) >= 11 is 3.38. The number of nitrogens with one attached hydrogen (secondary N) is 1. The summed E-state index contributed by atoms with van der Waals surface area (Å²) in [7, 11) is 0. The van der Waals surface area contributed by atoms with Gasteiger partial charge in [-0.15, -0.1) is 5.10 Å². The maximum Gasteiger partial charge on any atom is 0.322 e. The molecular formula is C13H15BrN4O2. The fraction of sp³-hybridized carbons (Fsp3) is 0.462. The van der Waals surface area contributed by atoms with Gasteiger partial charge in [-0.3, -0.25) is 10.1 Å². The molecule has 6 nitrogen and oxygen atoms in total. The van der Waals surface area contributed by atoms with E-state index in [1.807, 2.05) is 24.6 Å². The van der Waals surface area contributed by atoms with E-state index in [0.717, 1.165) is 17.3 Å². The van der Waals surface area contributed by atoms with Gasteiger partial charge in [-0.05, 0) is 48.7 Å². The minimum absolute atomic E-state index is 0.157. The molecule has 2 aromatic rings. The standard InChI is InChI=1S/C13H15BrN4O2/c1-7(2)18-6-9(14)5-10(18)11(19)15-13-17-16-12(20-13)8-3-4-8/h5-8H,3-4H2,1-2H3,(H,15,17,19). The Bertz CT molecular complexity index is 643. The Morgan fingerprint density at radius 3 is 2.90 bits per heavy atom. The molecule has 0 radical (unpaired) electrons. The van der Waals surface area contributed by atoms with E-state index in [0.29, 0.717) is 17.5 Å². The highest BCUT2D eigenvalue weighted by molar-refractivity contribution is 9.10. The van der Waals surface area contributed by atoms with Crippen LogP contribution in [0.2, 0.25) is 0 Å². The van der Waals surface area contributed by atoms with Gasteiger partial charge in [-0.25, -0.2) is 0 Å². The van der Waals surface area contributed by atoms with E-state index in [9.17, 15) is 4.79 Å². The van der Waals surface area contributed by atoms with Gasteiger partial charge in [0.05, 0.1) is 0 Å². The smallest absolute Gasteiger partial charge is 0.322 e. The van der Waals surface area contributed by atoms with E-state index in [1.54, 1.807) is 6.07 Å². The summed E-state index contributed by atoms with van der Waals surface area (Å²) in [5.74, 6) is 0.734. The Kier molecular flexibility index (Phi) is 3.37. The van der Waals surface area contributed by atoms with Gasteiger partial charge in [0, 0.05) is 22.6 Å². The maximum absolute atomic E-state index is 12.3. The van der Waals surface area contributed by atoms with E-state index in [2.05, 4.69) is 31.4 Å². The fourth-order valence-electron chi connectivity index (χ4n) is 2.00. The second kappa shape index (κ2) is 5.05. The van der Waals surface area contributed by atoms with Crippen molar-refractivity contribution in [2.24, 2.45) is 0 Å². The molecule has 1 fully saturated rings. The summed E-state index contributed by atoms with van der Waals surface area (Å²) in [5.41, 5.74) is 0.554. The lowest BCUT2D eigenvalue weighted by atomic mass is 10.3. The third kappa shape index (κ3) is 2.63. The Labute approximate surface area is 124 Å². The molecule has 106 valence electrons. The molecule has 20 heavy (non-hydrogen) atoms. The summed E-state index contributed by atoms with van der Waals surface area (Å²) < 4.78 is 8.18. The zero-order valence-corrected chi connectivity index (χ0v) is 12.8. The van der Waals surface area contributed by atoms with Crippen molar-refractivity contribution in [2.45, 2.75) is 38.6 Å². The van der Waals surface area contributed by atoms with Crippen molar-refractivity contribution >= 4 is 27.9 Å². The summed E-state index contributed by atoms with van der Waals surface area (Å²) in [6.45, 7) is 4.03. The molecule has 0 spiro atoms. The largest absolute Gasteiger partial charge is 0.408 e. The Morgan fingerprint density at radius 2 is 2.25 bits per heavy atom. The van der Waals surface area contributed by atoms with Crippen LogP contribution in [0.25, 0.3) is 0 Å². The van der Waals surface area contributed by atoms with Crippen LogP contribution in [0.15, 0.2) is 21.2 Å². The van der Waals surface area contributed by atoms with Crippen LogP contribution in [0, 0.1) is 0 Å². The van der Waals surface area contributed by atoms with E-state index in [-0.39, 0.29) is 18.0 Å². The molecule has 1 amide bonds. The van der Waals surface area contributed by atoms with Crippen LogP contribution in [0.3, 0.4) is 0 Å². The second-order valence-corrected chi connectivity index (χ2v) is 6.13. The van der Waals surface area contributed by atoms with Gasteiger partial charge in [0.25, 0.3) is 5.91 Å². The first-order valence-corrected chi connectivity index (χ1v) is 7.36. The van der Waals surface area contributed by atoms with Crippen molar-refractivity contribution in [3.63, 3.8) is 0 Å². The number of aromatic nitrogens is 3. The van der Waals surface area contributed by atoms with Gasteiger partial charge < -0.3 is 8.98 Å². The molecule has 1 saturated carbocycles. The van der Waals surface area contributed by atoms with Crippen LogP contribution >= 0.6 is 15.9 Å². The van der Waals surface area contributed by atoms with Crippen LogP contribution < -0.4 is 5.32 Å². The minimum Gasteiger partial charge on any atom is -0.408 e. The third-order valence-electron chi connectivity index (χ3n) is 3.19. The van der Waals surface area contributed by atoms with Crippen LogP contribution in [0.5, 0.6) is 0 Å². The number of rotatable bonds is 4. The van der Waals surface area contributed by atoms with E-state index >= 15 is 0 Å². The van der Waals surface area contributed by atoms with Crippen LogP contribution in [0.1, 0.15) is 55.0 Å². The Hall–Kier alpha value is -1.63. The van der Waals surface area contributed by atoms with Crippen molar-refractivity contribution in [3.8, 4) is 0 Å². The summed E-state index contributed by atoms with van der Waals surface area (Å²) in [4.78, 5) is 12.3. The van der Waals surface area contributed by atoms with Gasteiger partial charge in [0.1, 0.15) is 5.69 Å². The predicted molar refractivity (Wildman–Crippen MR) is 76.7 cm³/mol. The average molecular weight is 339 g/mol. The van der Waals surface area contributed by atoms with Crippen molar-refractivity contribution in [3.05, 3.63) is 28.3 Å². The molecule has 0 saturated heterocycles. The Morgan fingerprint density at radius 1 is 1.50 bits per heavy atom. The first-order valence-electron chi connectivity index (χ1n) is 6.56. The van der Waals surface area contributed by atoms with Gasteiger partial charge >= 0.3 is 6.01 Å². The van der Waals surface area contributed by atoms with Crippen molar-refractivity contribution in [1.82, 2.24) is 14.8 Å². The highest BCUT2D eigenvalue weighted by Gasteiger charge is 2.29. The molecule has 0 atom stereocenters. The van der Waals surface area contributed by atoms with Crippen molar-refractivity contribution < 1.29 is 9.21 Å². The van der Waals surface area contributed by atoms with E-state index < -0.39 is 0 Å². The molecule has 0 aliphatic heterocycles.